The van der Waals surface area contributed by atoms with Crippen molar-refractivity contribution in [1.29, 1.82) is 0 Å². The normalized spacial score (nSPS) is 20.1. The van der Waals surface area contributed by atoms with Crippen LogP contribution in [0.15, 0.2) is 30.3 Å². The van der Waals surface area contributed by atoms with Crippen LogP contribution < -0.4 is 0 Å². The van der Waals surface area contributed by atoms with Crippen molar-refractivity contribution in [3.8, 4) is 0 Å². The van der Waals surface area contributed by atoms with E-state index in [2.05, 4.69) is 0 Å². The van der Waals surface area contributed by atoms with Crippen molar-refractivity contribution in [1.82, 2.24) is 4.90 Å². The van der Waals surface area contributed by atoms with Crippen molar-refractivity contribution >= 4 is 5.97 Å². The zero-order chi connectivity index (χ0) is 12.8. The fourth-order valence-corrected chi connectivity index (χ4v) is 2.30. The molecular formula is C14H19NO3. The number of hydrogen-bond donors (Lipinski definition) is 1. The first-order valence-corrected chi connectivity index (χ1v) is 6.30. The molecule has 18 heavy (non-hydrogen) atoms. The third kappa shape index (κ3) is 4.13. The summed E-state index contributed by atoms with van der Waals surface area (Å²) in [5.74, 6) is -0.283. The molecule has 98 valence electrons. The molecule has 1 aliphatic heterocycles. The van der Waals surface area contributed by atoms with E-state index in [9.17, 15) is 4.79 Å². The predicted molar refractivity (Wildman–Crippen MR) is 68.3 cm³/mol. The van der Waals surface area contributed by atoms with E-state index in [1.54, 1.807) is 0 Å². The molecule has 4 nitrogen and oxygen atoms in total. The van der Waals surface area contributed by atoms with Crippen molar-refractivity contribution in [3.63, 3.8) is 0 Å². The fourth-order valence-electron chi connectivity index (χ4n) is 2.30. The molecule has 1 atom stereocenters. The molecule has 1 aromatic carbocycles. The lowest BCUT2D eigenvalue weighted by molar-refractivity contribution is -0.138. The summed E-state index contributed by atoms with van der Waals surface area (Å²) in [5.41, 5.74) is 1.18. The lowest BCUT2D eigenvalue weighted by Crippen LogP contribution is -2.28. The summed E-state index contributed by atoms with van der Waals surface area (Å²) >= 11 is 0. The van der Waals surface area contributed by atoms with Gasteiger partial charge in [-0.1, -0.05) is 30.3 Å². The SMILES string of the molecule is O=C(O)CN1CCC(COCc2ccccc2)C1. The Morgan fingerprint density at radius 3 is 2.89 bits per heavy atom. The third-order valence-corrected chi connectivity index (χ3v) is 3.19. The van der Waals surface area contributed by atoms with E-state index in [4.69, 9.17) is 9.84 Å². The number of ether oxygens (including phenoxy) is 1. The summed E-state index contributed by atoms with van der Waals surface area (Å²) in [5, 5.41) is 8.71. The lowest BCUT2D eigenvalue weighted by Gasteiger charge is -2.13. The molecular weight excluding hydrogens is 230 g/mol. The maximum atomic E-state index is 10.6. The third-order valence-electron chi connectivity index (χ3n) is 3.19. The first-order chi connectivity index (χ1) is 8.74. The summed E-state index contributed by atoms with van der Waals surface area (Å²) in [6.45, 7) is 3.20. The summed E-state index contributed by atoms with van der Waals surface area (Å²) < 4.78 is 5.68. The Morgan fingerprint density at radius 1 is 1.39 bits per heavy atom. The van der Waals surface area contributed by atoms with Crippen LogP contribution >= 0.6 is 0 Å². The van der Waals surface area contributed by atoms with Gasteiger partial charge in [-0.2, -0.15) is 0 Å². The largest absolute Gasteiger partial charge is 0.480 e. The maximum absolute atomic E-state index is 10.6. The van der Waals surface area contributed by atoms with E-state index < -0.39 is 5.97 Å². The number of carboxylic acid groups (broad SMARTS) is 1. The zero-order valence-electron chi connectivity index (χ0n) is 10.4. The van der Waals surface area contributed by atoms with Crippen LogP contribution in [0.5, 0.6) is 0 Å². The Kier molecular flexibility index (Phi) is 4.73. The minimum absolute atomic E-state index is 0.148. The highest BCUT2D eigenvalue weighted by molar-refractivity contribution is 5.69. The van der Waals surface area contributed by atoms with Gasteiger partial charge in [-0.25, -0.2) is 0 Å². The molecule has 4 heteroatoms. The van der Waals surface area contributed by atoms with Gasteiger partial charge in [0.05, 0.1) is 19.8 Å². The maximum Gasteiger partial charge on any atom is 0.317 e. The zero-order valence-corrected chi connectivity index (χ0v) is 10.4. The number of benzene rings is 1. The van der Waals surface area contributed by atoms with E-state index in [1.165, 1.54) is 5.56 Å². The molecule has 1 saturated heterocycles. The molecule has 0 bridgehead atoms. The van der Waals surface area contributed by atoms with Crippen LogP contribution in [0.1, 0.15) is 12.0 Å². The van der Waals surface area contributed by atoms with E-state index in [1.807, 2.05) is 35.2 Å². The van der Waals surface area contributed by atoms with Crippen LogP contribution in [-0.4, -0.2) is 42.2 Å². The van der Waals surface area contributed by atoms with Gasteiger partial charge in [0.2, 0.25) is 0 Å². The number of carboxylic acids is 1. The molecule has 1 unspecified atom stereocenters. The van der Waals surface area contributed by atoms with Crippen LogP contribution in [0, 0.1) is 5.92 Å². The highest BCUT2D eigenvalue weighted by atomic mass is 16.5. The Labute approximate surface area is 107 Å². The Hall–Kier alpha value is -1.39. The van der Waals surface area contributed by atoms with E-state index in [-0.39, 0.29) is 6.54 Å². The Bertz CT molecular complexity index is 380. The van der Waals surface area contributed by atoms with Gasteiger partial charge in [0, 0.05) is 6.54 Å². The van der Waals surface area contributed by atoms with E-state index >= 15 is 0 Å². The topological polar surface area (TPSA) is 49.8 Å². The van der Waals surface area contributed by atoms with Crippen molar-refractivity contribution in [3.05, 3.63) is 35.9 Å². The molecule has 0 aromatic heterocycles. The molecule has 0 aliphatic carbocycles. The van der Waals surface area contributed by atoms with Gasteiger partial charge in [-0.3, -0.25) is 9.69 Å². The molecule has 1 aliphatic rings. The molecule has 0 radical (unpaired) electrons. The van der Waals surface area contributed by atoms with E-state index in [0.717, 1.165) is 19.5 Å². The lowest BCUT2D eigenvalue weighted by atomic mass is 10.1. The quantitative estimate of drug-likeness (QED) is 0.832. The summed E-state index contributed by atoms with van der Waals surface area (Å²) in [6, 6.07) is 10.1. The first kappa shape index (κ1) is 13.1. The molecule has 2 rings (SSSR count). The molecule has 0 spiro atoms. The molecule has 0 amide bonds. The second-order valence-corrected chi connectivity index (χ2v) is 4.78. The van der Waals surface area contributed by atoms with Gasteiger partial charge in [0.1, 0.15) is 0 Å². The number of carbonyl (C=O) groups is 1. The van der Waals surface area contributed by atoms with Crippen LogP contribution in [-0.2, 0) is 16.1 Å². The average Bonchev–Trinajstić information content (AvgIpc) is 2.77. The number of likely N-dealkylation sites (tertiary alicyclic amines) is 1. The van der Waals surface area contributed by atoms with Crippen molar-refractivity contribution in [2.45, 2.75) is 13.0 Å². The smallest absolute Gasteiger partial charge is 0.317 e. The van der Waals surface area contributed by atoms with Gasteiger partial charge < -0.3 is 9.84 Å². The number of rotatable bonds is 6. The van der Waals surface area contributed by atoms with Crippen molar-refractivity contribution < 1.29 is 14.6 Å². The van der Waals surface area contributed by atoms with Crippen molar-refractivity contribution in [2.75, 3.05) is 26.2 Å². The van der Waals surface area contributed by atoms with Gasteiger partial charge in [0.25, 0.3) is 0 Å². The van der Waals surface area contributed by atoms with Gasteiger partial charge in [0.15, 0.2) is 0 Å². The summed E-state index contributed by atoms with van der Waals surface area (Å²) in [6.07, 6.45) is 1.03. The average molecular weight is 249 g/mol. The molecule has 0 saturated carbocycles. The molecule has 1 heterocycles. The molecule has 1 aromatic rings. The van der Waals surface area contributed by atoms with E-state index in [0.29, 0.717) is 19.1 Å². The second kappa shape index (κ2) is 6.52. The number of aliphatic carboxylic acids is 1. The van der Waals surface area contributed by atoms with Crippen LogP contribution in [0.2, 0.25) is 0 Å². The van der Waals surface area contributed by atoms with Crippen LogP contribution in [0.4, 0.5) is 0 Å². The predicted octanol–water partition coefficient (Wildman–Crippen LogP) is 1.61. The first-order valence-electron chi connectivity index (χ1n) is 6.30. The minimum Gasteiger partial charge on any atom is -0.480 e. The fraction of sp³-hybridized carbons (Fsp3) is 0.500. The van der Waals surface area contributed by atoms with Gasteiger partial charge >= 0.3 is 5.97 Å². The monoisotopic (exact) mass is 249 g/mol. The van der Waals surface area contributed by atoms with Gasteiger partial charge in [-0.05, 0) is 24.4 Å². The Balaban J connectivity index is 1.65. The van der Waals surface area contributed by atoms with Crippen LogP contribution in [0.3, 0.4) is 0 Å². The highest BCUT2D eigenvalue weighted by Crippen LogP contribution is 2.16. The summed E-state index contributed by atoms with van der Waals surface area (Å²) in [4.78, 5) is 12.6. The standard InChI is InChI=1S/C14H19NO3/c16-14(17)9-15-7-6-13(8-15)11-18-10-12-4-2-1-3-5-12/h1-5,13H,6-11H2,(H,16,17). The Morgan fingerprint density at radius 2 is 2.17 bits per heavy atom. The molecule has 1 fully saturated rings. The highest BCUT2D eigenvalue weighted by Gasteiger charge is 2.23. The van der Waals surface area contributed by atoms with Gasteiger partial charge in [-0.15, -0.1) is 0 Å². The van der Waals surface area contributed by atoms with Crippen LogP contribution in [0.25, 0.3) is 0 Å². The minimum atomic E-state index is -0.749. The summed E-state index contributed by atoms with van der Waals surface area (Å²) in [7, 11) is 0. The second-order valence-electron chi connectivity index (χ2n) is 4.78. The number of nitrogens with zero attached hydrogens (tertiary/aromatic N) is 1. The number of hydrogen-bond acceptors (Lipinski definition) is 3. The van der Waals surface area contributed by atoms with Crippen molar-refractivity contribution in [2.24, 2.45) is 5.92 Å². The molecule has 1 N–H and O–H groups in total.